The Balaban J connectivity index is 1.23. The number of nitriles is 1. The molecule has 4 unspecified atom stereocenters. The van der Waals surface area contributed by atoms with Crippen molar-refractivity contribution in [2.45, 2.75) is 94.8 Å². The van der Waals surface area contributed by atoms with Crippen LogP contribution in [0.2, 0.25) is 5.02 Å². The number of alkyl halides is 1. The number of aromatic nitrogens is 3. The summed E-state index contributed by atoms with van der Waals surface area (Å²) in [5.41, 5.74) is 9.90. The predicted molar refractivity (Wildman–Crippen MR) is 187 cm³/mol. The van der Waals surface area contributed by atoms with Gasteiger partial charge < -0.3 is 25.0 Å². The van der Waals surface area contributed by atoms with E-state index in [1.165, 1.54) is 4.90 Å². The quantitative estimate of drug-likeness (QED) is 0.342. The van der Waals surface area contributed by atoms with Gasteiger partial charge in [0, 0.05) is 63.4 Å². The maximum Gasteiger partial charge on any atom is 0.275 e. The number of nitrogens with zero attached hydrogens (tertiary/aromatic N) is 7. The molecule has 11 nitrogen and oxygen atoms in total. The van der Waals surface area contributed by atoms with Gasteiger partial charge in [0.2, 0.25) is 5.82 Å². The largest absolute Gasteiger partial charge is 0.474 e. The van der Waals surface area contributed by atoms with Crippen LogP contribution in [0.25, 0.3) is 0 Å². The molecule has 6 heterocycles. The molecule has 2 fully saturated rings. The summed E-state index contributed by atoms with van der Waals surface area (Å²) >= 11 is 6.82. The van der Waals surface area contributed by atoms with Gasteiger partial charge in [-0.1, -0.05) is 24.6 Å². The van der Waals surface area contributed by atoms with Crippen LogP contribution in [0.5, 0.6) is 5.88 Å². The molecule has 51 heavy (non-hydrogen) atoms. The minimum atomic E-state index is -0.950. The number of amides is 1. The number of rotatable bonds is 5. The molecule has 2 saturated heterocycles. The summed E-state index contributed by atoms with van der Waals surface area (Å²) in [4.78, 5) is 23.3. The molecule has 1 amide bonds. The van der Waals surface area contributed by atoms with E-state index in [1.807, 2.05) is 11.0 Å². The van der Waals surface area contributed by atoms with Crippen LogP contribution in [0.3, 0.4) is 0 Å². The number of carbonyl (C=O) groups excluding carboxylic acids is 1. The zero-order valence-corrected chi connectivity index (χ0v) is 30.0. The number of halogens is 3. The summed E-state index contributed by atoms with van der Waals surface area (Å²) in [6, 6.07) is 6.10. The van der Waals surface area contributed by atoms with Crippen LogP contribution in [-0.2, 0) is 36.5 Å². The third-order valence-corrected chi connectivity index (χ3v) is 12.3. The summed E-state index contributed by atoms with van der Waals surface area (Å²) in [6.45, 7) is 4.64. The normalized spacial score (nSPS) is 27.0. The summed E-state index contributed by atoms with van der Waals surface area (Å²) in [6.07, 6.45) is 3.49. The highest BCUT2D eigenvalue weighted by Crippen LogP contribution is 2.52. The van der Waals surface area contributed by atoms with E-state index in [2.05, 4.69) is 23.0 Å². The number of benzene rings is 1. The number of ether oxygens (including phenoxy) is 2. The molecule has 8 rings (SSSR count). The molecule has 270 valence electrons. The molecular weight excluding hydrogens is 678 g/mol. The Morgan fingerprint density at radius 2 is 2.08 bits per heavy atom. The molecule has 5 aliphatic rings. The smallest absolute Gasteiger partial charge is 0.275 e. The van der Waals surface area contributed by atoms with E-state index < -0.39 is 23.1 Å². The van der Waals surface area contributed by atoms with Gasteiger partial charge in [0.05, 0.1) is 46.4 Å². The van der Waals surface area contributed by atoms with Gasteiger partial charge in [-0.15, -0.1) is 0 Å². The second kappa shape index (κ2) is 12.6. The van der Waals surface area contributed by atoms with Crippen molar-refractivity contribution in [1.82, 2.24) is 24.6 Å². The van der Waals surface area contributed by atoms with Crippen LogP contribution in [0.15, 0.2) is 12.1 Å². The van der Waals surface area contributed by atoms with Gasteiger partial charge in [-0.2, -0.15) is 14.8 Å². The van der Waals surface area contributed by atoms with Crippen molar-refractivity contribution in [3.05, 3.63) is 62.3 Å². The molecule has 1 aromatic carbocycles. The first kappa shape index (κ1) is 34.1. The summed E-state index contributed by atoms with van der Waals surface area (Å²) in [5, 5.41) is 15.1. The predicted octanol–water partition coefficient (Wildman–Crippen LogP) is 5.46. The summed E-state index contributed by atoms with van der Waals surface area (Å²) in [7, 11) is 3.29. The van der Waals surface area contributed by atoms with Crippen molar-refractivity contribution in [3.63, 3.8) is 0 Å². The lowest BCUT2D eigenvalue weighted by Crippen LogP contribution is -2.44. The van der Waals surface area contributed by atoms with Gasteiger partial charge in [0.1, 0.15) is 24.4 Å². The molecule has 1 spiro atoms. The van der Waals surface area contributed by atoms with E-state index in [-0.39, 0.29) is 48.2 Å². The van der Waals surface area contributed by atoms with Crippen LogP contribution in [-0.4, -0.2) is 82.5 Å². The lowest BCUT2D eigenvalue weighted by atomic mass is 9.69. The molecule has 2 N–H and O–H groups in total. The van der Waals surface area contributed by atoms with Crippen LogP contribution in [0, 0.1) is 17.1 Å². The number of fused-ring (bicyclic) bond motifs is 5. The highest BCUT2D eigenvalue weighted by molar-refractivity contribution is 6.34. The van der Waals surface area contributed by atoms with Gasteiger partial charge >= 0.3 is 0 Å². The van der Waals surface area contributed by atoms with Crippen molar-refractivity contribution in [1.29, 1.82) is 5.26 Å². The zero-order valence-electron chi connectivity index (χ0n) is 29.3. The number of hydrogen-bond acceptors (Lipinski definition) is 9. The lowest BCUT2D eigenvalue weighted by molar-refractivity contribution is -0.0873. The fourth-order valence-corrected chi connectivity index (χ4v) is 9.52. The van der Waals surface area contributed by atoms with Gasteiger partial charge in [-0.05, 0) is 56.2 Å². The van der Waals surface area contributed by atoms with Gasteiger partial charge in [-0.3, -0.25) is 14.4 Å². The number of nitrogens with two attached hydrogens (primary N) is 1. The van der Waals surface area contributed by atoms with Crippen molar-refractivity contribution in [3.8, 4) is 11.9 Å². The van der Waals surface area contributed by atoms with E-state index >= 15 is 4.39 Å². The van der Waals surface area contributed by atoms with Crippen LogP contribution < -0.4 is 15.4 Å². The van der Waals surface area contributed by atoms with Crippen LogP contribution >= 0.6 is 11.6 Å². The van der Waals surface area contributed by atoms with E-state index in [1.54, 1.807) is 24.8 Å². The molecule has 0 radical (unpaired) electrons. The van der Waals surface area contributed by atoms with E-state index in [9.17, 15) is 14.4 Å². The molecule has 14 heteroatoms. The third-order valence-electron chi connectivity index (χ3n) is 11.9. The minimum Gasteiger partial charge on any atom is -0.474 e. The fraction of sp³-hybridized carbons (Fsp3) is 0.568. The average molecular weight is 721 g/mol. The molecule has 0 bridgehead atoms. The standard InChI is InChI=1S/C37H43ClF2N8O3/c1-21-8-10-37(29-23(21)6-7-26(42)24(29)16-41)15-27-25(19-51-37)33(31(40)34(43-27)50-20-36-9-4-12-47(36)17-22(39)14-36)46-11-5-13-48-28(18-46)30(38)32(44-48)35(49)45(2)3/h6-7,21-22H,4-5,8-15,17-20,42H2,1-3H3. The summed E-state index contributed by atoms with van der Waals surface area (Å²) < 4.78 is 46.7. The average Bonchev–Trinajstić information content (AvgIpc) is 3.68. The Morgan fingerprint density at radius 3 is 2.86 bits per heavy atom. The SMILES string of the molecule is CC1CCC2(Cc3nc(OCC45CCCN4CC(F)C5)c(F)c(N4CCCn5nc(C(=O)N(C)C)c(Cl)c5C4)c3CO2)c2c1ccc(N)c2C#N. The first-order chi connectivity index (χ1) is 24.4. The van der Waals surface area contributed by atoms with Crippen molar-refractivity contribution in [2.24, 2.45) is 0 Å². The minimum absolute atomic E-state index is 0.0530. The molecular formula is C37H43ClF2N8O3. The second-order valence-corrected chi connectivity index (χ2v) is 15.6. The lowest BCUT2D eigenvalue weighted by Gasteiger charge is -2.45. The number of anilines is 2. The Bertz CT molecular complexity index is 1960. The van der Waals surface area contributed by atoms with Gasteiger partial charge in [0.15, 0.2) is 5.69 Å². The van der Waals surface area contributed by atoms with Crippen molar-refractivity contribution < 1.29 is 23.0 Å². The van der Waals surface area contributed by atoms with Crippen molar-refractivity contribution in [2.75, 3.05) is 51.0 Å². The topological polar surface area (TPSA) is 126 Å². The van der Waals surface area contributed by atoms with Crippen LogP contribution in [0.4, 0.5) is 20.2 Å². The number of nitrogen functional groups attached to an aromatic ring is 1. The number of hydrogen-bond donors (Lipinski definition) is 1. The van der Waals surface area contributed by atoms with E-state index in [0.717, 1.165) is 36.9 Å². The van der Waals surface area contributed by atoms with Crippen LogP contribution in [0.1, 0.15) is 95.5 Å². The first-order valence-electron chi connectivity index (χ1n) is 17.9. The van der Waals surface area contributed by atoms with E-state index in [0.29, 0.717) is 79.2 Å². The number of aryl methyl sites for hydroxylation is 1. The Labute approximate surface area is 301 Å². The highest BCUT2D eigenvalue weighted by Gasteiger charge is 2.50. The molecule has 1 aliphatic carbocycles. The Morgan fingerprint density at radius 1 is 1.25 bits per heavy atom. The van der Waals surface area contributed by atoms with Crippen molar-refractivity contribution >= 4 is 28.9 Å². The number of carbonyl (C=O) groups is 1. The summed E-state index contributed by atoms with van der Waals surface area (Å²) in [5.74, 6) is -0.850. The number of pyridine rings is 1. The van der Waals surface area contributed by atoms with Gasteiger partial charge in [0.25, 0.3) is 11.8 Å². The molecule has 0 saturated carbocycles. The molecule has 4 aliphatic heterocycles. The Kier molecular flexibility index (Phi) is 8.43. The molecule has 4 atom stereocenters. The monoisotopic (exact) mass is 720 g/mol. The fourth-order valence-electron chi connectivity index (χ4n) is 9.25. The Hall–Kier alpha value is -3.99. The highest BCUT2D eigenvalue weighted by atomic mass is 35.5. The molecule has 2 aromatic heterocycles. The zero-order chi connectivity index (χ0) is 35.8. The maximum atomic E-state index is 17.1. The third kappa shape index (κ3) is 5.44. The first-order valence-corrected chi connectivity index (χ1v) is 18.2. The molecule has 3 aromatic rings. The second-order valence-electron chi connectivity index (χ2n) is 15.2. The van der Waals surface area contributed by atoms with Gasteiger partial charge in [-0.25, -0.2) is 9.37 Å². The maximum absolute atomic E-state index is 17.1. The van der Waals surface area contributed by atoms with E-state index in [4.69, 9.17) is 31.8 Å².